The van der Waals surface area contributed by atoms with Gasteiger partial charge < -0.3 is 10.0 Å². The summed E-state index contributed by atoms with van der Waals surface area (Å²) < 4.78 is 7.86. The van der Waals surface area contributed by atoms with E-state index >= 15 is 0 Å². The first-order valence-corrected chi connectivity index (χ1v) is 4.65. The van der Waals surface area contributed by atoms with Crippen molar-refractivity contribution in [3.63, 3.8) is 0 Å². The van der Waals surface area contributed by atoms with Crippen molar-refractivity contribution in [2.75, 3.05) is 18.0 Å². The molecule has 1 fully saturated rings. The molecule has 0 spiro atoms. The predicted molar refractivity (Wildman–Crippen MR) is 47.8 cm³/mol. The lowest BCUT2D eigenvalue weighted by molar-refractivity contribution is 0.0306. The van der Waals surface area contributed by atoms with Crippen molar-refractivity contribution in [1.82, 2.24) is 8.75 Å². The smallest absolute Gasteiger partial charge is 0.187 e. The van der Waals surface area contributed by atoms with Crippen LogP contribution in [0.5, 0.6) is 0 Å². The molecular formula is C6H8ClN3OS. The highest BCUT2D eigenvalue weighted by Crippen LogP contribution is 2.30. The van der Waals surface area contributed by atoms with Gasteiger partial charge in [0, 0.05) is 13.1 Å². The van der Waals surface area contributed by atoms with Crippen LogP contribution >= 0.6 is 23.3 Å². The summed E-state index contributed by atoms with van der Waals surface area (Å²) in [4.78, 5) is 1.91. The van der Waals surface area contributed by atoms with E-state index in [-0.39, 0.29) is 0 Å². The highest BCUT2D eigenvalue weighted by Gasteiger charge is 2.38. The number of aliphatic hydroxyl groups is 1. The Bertz CT molecular complexity index is 293. The second kappa shape index (κ2) is 2.55. The molecule has 0 bridgehead atoms. The Morgan fingerprint density at radius 1 is 1.58 bits per heavy atom. The molecule has 0 saturated carbocycles. The molecular weight excluding hydrogens is 198 g/mol. The molecule has 1 aliphatic heterocycles. The molecule has 2 heterocycles. The van der Waals surface area contributed by atoms with Gasteiger partial charge in [-0.15, -0.1) is 0 Å². The second-order valence-corrected chi connectivity index (χ2v) is 4.12. The number of hydrogen-bond donors (Lipinski definition) is 1. The van der Waals surface area contributed by atoms with Gasteiger partial charge in [-0.05, 0) is 6.92 Å². The summed E-state index contributed by atoms with van der Waals surface area (Å²) in [6, 6.07) is 0. The van der Waals surface area contributed by atoms with E-state index in [1.807, 2.05) is 4.90 Å². The van der Waals surface area contributed by atoms with Gasteiger partial charge in [-0.1, -0.05) is 11.6 Å². The summed E-state index contributed by atoms with van der Waals surface area (Å²) in [5.41, 5.74) is -0.590. The molecule has 0 unspecified atom stereocenters. The van der Waals surface area contributed by atoms with Gasteiger partial charge in [0.1, 0.15) is 0 Å². The third-order valence-corrected chi connectivity index (χ3v) is 2.67. The van der Waals surface area contributed by atoms with E-state index in [4.69, 9.17) is 11.6 Å². The van der Waals surface area contributed by atoms with Crippen molar-refractivity contribution >= 4 is 29.1 Å². The molecule has 1 N–H and O–H groups in total. The Labute approximate surface area is 79.1 Å². The van der Waals surface area contributed by atoms with Crippen LogP contribution in [0.2, 0.25) is 5.15 Å². The molecule has 0 aliphatic carbocycles. The quantitative estimate of drug-likeness (QED) is 0.736. The van der Waals surface area contributed by atoms with E-state index in [0.717, 1.165) is 11.7 Å². The van der Waals surface area contributed by atoms with Crippen LogP contribution in [0, 0.1) is 0 Å². The Kier molecular flexibility index (Phi) is 1.75. The zero-order valence-corrected chi connectivity index (χ0v) is 8.06. The summed E-state index contributed by atoms with van der Waals surface area (Å²) in [5, 5.41) is 9.87. The lowest BCUT2D eigenvalue weighted by Gasteiger charge is -2.44. The summed E-state index contributed by atoms with van der Waals surface area (Å²) in [6.07, 6.45) is 0. The molecule has 0 aromatic carbocycles. The first kappa shape index (κ1) is 8.22. The van der Waals surface area contributed by atoms with Gasteiger partial charge in [0.2, 0.25) is 0 Å². The van der Waals surface area contributed by atoms with Crippen LogP contribution in [-0.2, 0) is 0 Å². The topological polar surface area (TPSA) is 49.2 Å². The molecule has 0 atom stereocenters. The SMILES string of the molecule is CC1(O)CN(c2nsnc2Cl)C1. The normalized spacial score (nSPS) is 20.8. The maximum Gasteiger partial charge on any atom is 0.187 e. The van der Waals surface area contributed by atoms with Crippen LogP contribution in [0.15, 0.2) is 0 Å². The number of hydrogen-bond acceptors (Lipinski definition) is 5. The first-order chi connectivity index (χ1) is 5.58. The molecule has 12 heavy (non-hydrogen) atoms. The van der Waals surface area contributed by atoms with Crippen LogP contribution in [0.1, 0.15) is 6.92 Å². The molecule has 1 saturated heterocycles. The molecule has 1 aromatic rings. The van der Waals surface area contributed by atoms with Crippen molar-refractivity contribution < 1.29 is 5.11 Å². The van der Waals surface area contributed by atoms with E-state index in [9.17, 15) is 5.11 Å². The van der Waals surface area contributed by atoms with Crippen molar-refractivity contribution in [2.24, 2.45) is 0 Å². The zero-order valence-electron chi connectivity index (χ0n) is 6.49. The number of aromatic nitrogens is 2. The molecule has 0 amide bonds. The number of halogens is 1. The summed E-state index contributed by atoms with van der Waals surface area (Å²) in [5.74, 6) is 0.688. The Morgan fingerprint density at radius 3 is 2.67 bits per heavy atom. The number of rotatable bonds is 1. The monoisotopic (exact) mass is 205 g/mol. The fourth-order valence-corrected chi connectivity index (χ4v) is 2.07. The van der Waals surface area contributed by atoms with Crippen molar-refractivity contribution in [1.29, 1.82) is 0 Å². The van der Waals surface area contributed by atoms with Gasteiger partial charge in [-0.3, -0.25) is 0 Å². The van der Waals surface area contributed by atoms with Crippen LogP contribution in [0.25, 0.3) is 0 Å². The molecule has 1 aromatic heterocycles. The number of anilines is 1. The van der Waals surface area contributed by atoms with E-state index in [0.29, 0.717) is 24.1 Å². The first-order valence-electron chi connectivity index (χ1n) is 3.54. The third kappa shape index (κ3) is 1.28. The molecule has 1 aliphatic rings. The zero-order chi connectivity index (χ0) is 8.77. The minimum atomic E-state index is -0.590. The Balaban J connectivity index is 2.11. The Morgan fingerprint density at radius 2 is 2.25 bits per heavy atom. The molecule has 66 valence electrons. The van der Waals surface area contributed by atoms with Gasteiger partial charge in [0.05, 0.1) is 17.3 Å². The van der Waals surface area contributed by atoms with Crippen molar-refractivity contribution in [3.8, 4) is 0 Å². The summed E-state index contributed by atoms with van der Waals surface area (Å²) in [6.45, 7) is 2.95. The van der Waals surface area contributed by atoms with Gasteiger partial charge in [-0.25, -0.2) is 0 Å². The lowest BCUT2D eigenvalue weighted by Crippen LogP contribution is -2.60. The average molecular weight is 206 g/mol. The summed E-state index contributed by atoms with van der Waals surface area (Å²) >= 11 is 6.84. The third-order valence-electron chi connectivity index (χ3n) is 1.80. The lowest BCUT2D eigenvalue weighted by atomic mass is 9.97. The van der Waals surface area contributed by atoms with Crippen molar-refractivity contribution in [3.05, 3.63) is 5.15 Å². The maximum atomic E-state index is 9.44. The average Bonchev–Trinajstić information content (AvgIpc) is 2.30. The van der Waals surface area contributed by atoms with E-state index in [2.05, 4.69) is 8.75 Å². The molecule has 4 nitrogen and oxygen atoms in total. The minimum Gasteiger partial charge on any atom is -0.386 e. The van der Waals surface area contributed by atoms with Gasteiger partial charge in [0.25, 0.3) is 0 Å². The standard InChI is InChI=1S/C6H8ClN3OS/c1-6(11)2-10(3-6)5-4(7)8-12-9-5/h11H,2-3H2,1H3. The highest BCUT2D eigenvalue weighted by atomic mass is 35.5. The molecule has 6 heteroatoms. The van der Waals surface area contributed by atoms with Gasteiger partial charge in [-0.2, -0.15) is 8.75 Å². The van der Waals surface area contributed by atoms with E-state index in [1.165, 1.54) is 0 Å². The highest BCUT2D eigenvalue weighted by molar-refractivity contribution is 6.99. The maximum absolute atomic E-state index is 9.44. The molecule has 0 radical (unpaired) electrons. The predicted octanol–water partition coefficient (Wildman–Crippen LogP) is 0.763. The van der Waals surface area contributed by atoms with Crippen LogP contribution < -0.4 is 4.90 Å². The van der Waals surface area contributed by atoms with Crippen molar-refractivity contribution in [2.45, 2.75) is 12.5 Å². The fraction of sp³-hybridized carbons (Fsp3) is 0.667. The van der Waals surface area contributed by atoms with Crippen LogP contribution in [0.3, 0.4) is 0 Å². The molecule has 2 rings (SSSR count). The number of nitrogens with zero attached hydrogens (tertiary/aromatic N) is 3. The second-order valence-electron chi connectivity index (χ2n) is 3.23. The largest absolute Gasteiger partial charge is 0.386 e. The number of β-amino-alcohol motifs (C(OH)–C–C–N with tert-alkyl or cyclic N) is 1. The van der Waals surface area contributed by atoms with E-state index in [1.54, 1.807) is 6.92 Å². The van der Waals surface area contributed by atoms with E-state index < -0.39 is 5.60 Å². The van der Waals surface area contributed by atoms with Crippen LogP contribution in [0.4, 0.5) is 5.82 Å². The fourth-order valence-electron chi connectivity index (χ4n) is 1.29. The Hall–Kier alpha value is -0.390. The summed E-state index contributed by atoms with van der Waals surface area (Å²) in [7, 11) is 0. The van der Waals surface area contributed by atoms with Gasteiger partial charge in [0.15, 0.2) is 11.0 Å². The minimum absolute atomic E-state index is 0.426. The van der Waals surface area contributed by atoms with Crippen LogP contribution in [-0.4, -0.2) is 32.5 Å². The van der Waals surface area contributed by atoms with Gasteiger partial charge >= 0.3 is 0 Å².